The molecule has 2 N–H and O–H groups in total. The summed E-state index contributed by atoms with van der Waals surface area (Å²) in [5.41, 5.74) is 2.06. The number of hydrogen-bond donors (Lipinski definition) is 2. The van der Waals surface area contributed by atoms with E-state index in [4.69, 9.17) is 4.42 Å². The zero-order chi connectivity index (χ0) is 18.4. The fourth-order valence-corrected chi connectivity index (χ4v) is 2.61. The lowest BCUT2D eigenvalue weighted by Crippen LogP contribution is -2.14. The van der Waals surface area contributed by atoms with Gasteiger partial charge in [0.15, 0.2) is 0 Å². The van der Waals surface area contributed by atoms with E-state index in [0.717, 1.165) is 17.3 Å². The van der Waals surface area contributed by atoms with Gasteiger partial charge in [-0.15, -0.1) is 10.2 Å². The van der Waals surface area contributed by atoms with Gasteiger partial charge in [-0.25, -0.2) is 0 Å². The monoisotopic (exact) mass is 369 g/mol. The molecule has 0 fully saturated rings. The van der Waals surface area contributed by atoms with Crippen LogP contribution in [0.1, 0.15) is 6.92 Å². The van der Waals surface area contributed by atoms with Crippen LogP contribution < -0.4 is 10.6 Å². The lowest BCUT2D eigenvalue weighted by molar-refractivity contribution is -0.114. The Bertz CT molecular complexity index is 896. The summed E-state index contributed by atoms with van der Waals surface area (Å²) in [7, 11) is 0. The molecule has 9 heteroatoms. The van der Waals surface area contributed by atoms with Gasteiger partial charge < -0.3 is 15.1 Å². The van der Waals surface area contributed by atoms with Gasteiger partial charge >= 0.3 is 0 Å². The molecule has 26 heavy (non-hydrogen) atoms. The maximum Gasteiger partial charge on any atom is 0.277 e. The van der Waals surface area contributed by atoms with Crippen LogP contribution in [0.2, 0.25) is 0 Å². The number of benzene rings is 1. The molecule has 0 radical (unpaired) electrons. The molecule has 0 unspecified atom stereocenters. The molecule has 1 aromatic carbocycles. The normalized spacial score (nSPS) is 10.3. The van der Waals surface area contributed by atoms with E-state index in [2.05, 4.69) is 25.8 Å². The number of nitrogens with one attached hydrogen (secondary N) is 2. The van der Waals surface area contributed by atoms with Crippen molar-refractivity contribution in [2.75, 3.05) is 16.4 Å². The molecule has 0 aliphatic rings. The van der Waals surface area contributed by atoms with Gasteiger partial charge in [0.1, 0.15) is 0 Å². The average Bonchev–Trinajstić information content (AvgIpc) is 3.11. The van der Waals surface area contributed by atoms with Crippen molar-refractivity contribution < 1.29 is 14.0 Å². The number of nitrogens with zero attached hydrogens (tertiary/aromatic N) is 3. The summed E-state index contributed by atoms with van der Waals surface area (Å²) >= 11 is 1.15. The third-order valence-corrected chi connectivity index (χ3v) is 3.97. The second kappa shape index (κ2) is 8.26. The Morgan fingerprint density at radius 1 is 1.00 bits per heavy atom. The highest BCUT2D eigenvalue weighted by Crippen LogP contribution is 2.22. The first-order chi connectivity index (χ1) is 12.6. The topological polar surface area (TPSA) is 110 Å². The van der Waals surface area contributed by atoms with Crippen LogP contribution in [0.25, 0.3) is 11.5 Å². The standard InChI is InChI=1S/C17H15N5O3S/c1-11(23)19-13-2-4-14(5-3-13)20-15(24)10-26-17-22-21-16(25-17)12-6-8-18-9-7-12/h2-9H,10H2,1H3,(H,19,23)(H,20,24). The first-order valence-electron chi connectivity index (χ1n) is 7.64. The van der Waals surface area contributed by atoms with Crippen LogP contribution >= 0.6 is 11.8 Å². The Kier molecular flexibility index (Phi) is 5.59. The quantitative estimate of drug-likeness (QED) is 0.643. The summed E-state index contributed by atoms with van der Waals surface area (Å²) in [6.45, 7) is 1.44. The van der Waals surface area contributed by atoms with Gasteiger partial charge in [0.05, 0.1) is 5.75 Å². The van der Waals surface area contributed by atoms with Crippen molar-refractivity contribution in [2.24, 2.45) is 0 Å². The molecular weight excluding hydrogens is 354 g/mol. The number of rotatable bonds is 6. The molecule has 0 spiro atoms. The lowest BCUT2D eigenvalue weighted by atomic mass is 10.3. The molecule has 2 aromatic heterocycles. The highest BCUT2D eigenvalue weighted by molar-refractivity contribution is 7.99. The first kappa shape index (κ1) is 17.6. The van der Waals surface area contributed by atoms with E-state index in [9.17, 15) is 9.59 Å². The molecule has 2 heterocycles. The predicted octanol–water partition coefficient (Wildman–Crippen LogP) is 2.82. The zero-order valence-electron chi connectivity index (χ0n) is 13.8. The Morgan fingerprint density at radius 3 is 2.31 bits per heavy atom. The fourth-order valence-electron chi connectivity index (χ4n) is 2.04. The summed E-state index contributed by atoms with van der Waals surface area (Å²) in [6.07, 6.45) is 3.27. The minimum absolute atomic E-state index is 0.130. The first-order valence-corrected chi connectivity index (χ1v) is 8.63. The number of carbonyl (C=O) groups is 2. The van der Waals surface area contributed by atoms with E-state index in [-0.39, 0.29) is 17.6 Å². The molecular formula is C17H15N5O3S. The molecule has 0 bridgehead atoms. The van der Waals surface area contributed by atoms with E-state index in [1.165, 1.54) is 6.92 Å². The fraction of sp³-hybridized carbons (Fsp3) is 0.118. The second-order valence-corrected chi connectivity index (χ2v) is 6.13. The molecule has 2 amide bonds. The van der Waals surface area contributed by atoms with Crippen LogP contribution in [0.15, 0.2) is 58.4 Å². The smallest absolute Gasteiger partial charge is 0.277 e. The lowest BCUT2D eigenvalue weighted by Gasteiger charge is -2.06. The largest absolute Gasteiger partial charge is 0.411 e. The second-order valence-electron chi connectivity index (χ2n) is 5.20. The maximum absolute atomic E-state index is 12.0. The minimum Gasteiger partial charge on any atom is -0.411 e. The highest BCUT2D eigenvalue weighted by Gasteiger charge is 2.11. The Labute approximate surface area is 153 Å². The Balaban J connectivity index is 1.51. The zero-order valence-corrected chi connectivity index (χ0v) is 14.6. The summed E-state index contributed by atoms with van der Waals surface area (Å²) in [5, 5.41) is 13.6. The van der Waals surface area contributed by atoms with Crippen LogP contribution in [0.5, 0.6) is 0 Å². The Hall–Kier alpha value is -3.20. The van der Waals surface area contributed by atoms with Gasteiger partial charge in [-0.05, 0) is 36.4 Å². The molecule has 8 nitrogen and oxygen atoms in total. The van der Waals surface area contributed by atoms with E-state index in [1.54, 1.807) is 48.8 Å². The average molecular weight is 369 g/mol. The number of thioether (sulfide) groups is 1. The summed E-state index contributed by atoms with van der Waals surface area (Å²) in [4.78, 5) is 26.9. The van der Waals surface area contributed by atoms with Crippen LogP contribution in [-0.4, -0.2) is 32.7 Å². The molecule has 0 atom stereocenters. The maximum atomic E-state index is 12.0. The highest BCUT2D eigenvalue weighted by atomic mass is 32.2. The van der Waals surface area contributed by atoms with E-state index < -0.39 is 0 Å². The molecule has 3 aromatic rings. The number of hydrogen-bond acceptors (Lipinski definition) is 7. The molecule has 132 valence electrons. The molecule has 0 saturated heterocycles. The third-order valence-electron chi connectivity index (χ3n) is 3.15. The van der Waals surface area contributed by atoms with Crippen molar-refractivity contribution in [3.63, 3.8) is 0 Å². The number of anilines is 2. The van der Waals surface area contributed by atoms with Gasteiger partial charge in [0.25, 0.3) is 5.22 Å². The van der Waals surface area contributed by atoms with Gasteiger partial charge in [-0.3, -0.25) is 14.6 Å². The number of carbonyl (C=O) groups excluding carboxylic acids is 2. The van der Waals surface area contributed by atoms with Crippen molar-refractivity contribution in [3.05, 3.63) is 48.8 Å². The third kappa shape index (κ3) is 4.90. The molecule has 0 saturated carbocycles. The summed E-state index contributed by atoms with van der Waals surface area (Å²) in [5.74, 6) is 0.157. The molecule has 0 aliphatic carbocycles. The van der Waals surface area contributed by atoms with Crippen LogP contribution in [0.4, 0.5) is 11.4 Å². The van der Waals surface area contributed by atoms with Crippen molar-refractivity contribution in [1.82, 2.24) is 15.2 Å². The summed E-state index contributed by atoms with van der Waals surface area (Å²) < 4.78 is 5.52. The number of amides is 2. The van der Waals surface area contributed by atoms with Crippen LogP contribution in [0, 0.1) is 0 Å². The SMILES string of the molecule is CC(=O)Nc1ccc(NC(=O)CSc2nnc(-c3ccncc3)o2)cc1. The predicted molar refractivity (Wildman–Crippen MR) is 97.6 cm³/mol. The van der Waals surface area contributed by atoms with Crippen molar-refractivity contribution in [3.8, 4) is 11.5 Å². The van der Waals surface area contributed by atoms with Gasteiger partial charge in [-0.1, -0.05) is 11.8 Å². The number of pyridine rings is 1. The van der Waals surface area contributed by atoms with Crippen LogP contribution in [0.3, 0.4) is 0 Å². The number of aromatic nitrogens is 3. The van der Waals surface area contributed by atoms with Crippen molar-refractivity contribution in [2.45, 2.75) is 12.1 Å². The van der Waals surface area contributed by atoms with Gasteiger partial charge in [-0.2, -0.15) is 0 Å². The Morgan fingerprint density at radius 2 is 1.65 bits per heavy atom. The van der Waals surface area contributed by atoms with Crippen LogP contribution in [-0.2, 0) is 9.59 Å². The molecule has 3 rings (SSSR count). The van der Waals surface area contributed by atoms with E-state index in [1.807, 2.05) is 0 Å². The van der Waals surface area contributed by atoms with Gasteiger partial charge in [0.2, 0.25) is 17.7 Å². The van der Waals surface area contributed by atoms with E-state index >= 15 is 0 Å². The minimum atomic E-state index is -0.203. The molecule has 0 aliphatic heterocycles. The van der Waals surface area contributed by atoms with Crippen molar-refractivity contribution >= 4 is 35.0 Å². The van der Waals surface area contributed by atoms with Crippen molar-refractivity contribution in [1.29, 1.82) is 0 Å². The van der Waals surface area contributed by atoms with Gasteiger partial charge in [0, 0.05) is 36.3 Å². The van der Waals surface area contributed by atoms with E-state index in [0.29, 0.717) is 22.5 Å². The summed E-state index contributed by atoms with van der Waals surface area (Å²) in [6, 6.07) is 10.4.